The normalized spacial score (nSPS) is 11.9. The first-order valence-corrected chi connectivity index (χ1v) is 16.4. The van der Waals surface area contributed by atoms with Crippen molar-refractivity contribution >= 4 is 5.91 Å². The number of hydrogen-bond acceptors (Lipinski definition) is 1. The van der Waals surface area contributed by atoms with Crippen molar-refractivity contribution in [2.24, 2.45) is 11.1 Å². The third-order valence-corrected chi connectivity index (χ3v) is 8.30. The number of hydrogen-bond donors (Lipinski definition) is 1. The van der Waals surface area contributed by atoms with Gasteiger partial charge in [0.25, 0.3) is 0 Å². The Balaban J connectivity index is 4.40. The third-order valence-electron chi connectivity index (χ3n) is 8.30. The van der Waals surface area contributed by atoms with Crippen LogP contribution in [0.25, 0.3) is 0 Å². The van der Waals surface area contributed by atoms with Crippen molar-refractivity contribution in [2.45, 2.75) is 201 Å². The molecule has 0 aromatic heterocycles. The van der Waals surface area contributed by atoms with E-state index in [0.29, 0.717) is 0 Å². The average molecular weight is 494 g/mol. The Hall–Kier alpha value is -0.530. The van der Waals surface area contributed by atoms with Crippen LogP contribution in [0.3, 0.4) is 0 Å². The van der Waals surface area contributed by atoms with Crippen LogP contribution in [0.2, 0.25) is 0 Å². The van der Waals surface area contributed by atoms with Crippen LogP contribution < -0.4 is 5.73 Å². The number of amides is 1. The van der Waals surface area contributed by atoms with Crippen LogP contribution in [0.5, 0.6) is 0 Å². The van der Waals surface area contributed by atoms with Gasteiger partial charge >= 0.3 is 0 Å². The van der Waals surface area contributed by atoms with Gasteiger partial charge in [0.1, 0.15) is 0 Å². The van der Waals surface area contributed by atoms with Crippen molar-refractivity contribution in [1.82, 2.24) is 0 Å². The molecule has 0 aromatic carbocycles. The molecule has 0 aliphatic heterocycles. The Morgan fingerprint density at radius 1 is 0.400 bits per heavy atom. The van der Waals surface area contributed by atoms with Gasteiger partial charge in [-0.2, -0.15) is 0 Å². The Morgan fingerprint density at radius 3 is 0.800 bits per heavy atom. The molecule has 0 radical (unpaired) electrons. The van der Waals surface area contributed by atoms with Gasteiger partial charge in [-0.1, -0.05) is 181 Å². The molecular weight excluding hydrogens is 426 g/mol. The predicted octanol–water partition coefficient (Wildman–Crippen LogP) is 11.4. The first kappa shape index (κ1) is 34.5. The lowest BCUT2D eigenvalue weighted by Gasteiger charge is -2.31. The average Bonchev–Trinajstić information content (AvgIpc) is 2.85. The molecule has 0 saturated heterocycles. The van der Waals surface area contributed by atoms with Gasteiger partial charge in [0.2, 0.25) is 5.91 Å². The Labute approximate surface area is 222 Å². The van der Waals surface area contributed by atoms with Crippen molar-refractivity contribution in [2.75, 3.05) is 0 Å². The van der Waals surface area contributed by atoms with Gasteiger partial charge in [-0.05, 0) is 19.3 Å². The van der Waals surface area contributed by atoms with Crippen molar-refractivity contribution in [3.05, 3.63) is 0 Å². The molecule has 0 spiro atoms. The van der Waals surface area contributed by atoms with E-state index < -0.39 is 0 Å². The highest BCUT2D eigenvalue weighted by Gasteiger charge is 2.34. The second-order valence-electron chi connectivity index (χ2n) is 11.7. The minimum atomic E-state index is -0.230. The standard InChI is InChI=1S/C33H67NO/c1-4-7-10-13-16-18-21-24-27-30-33(32(34)35,29-26-23-20-15-12-9-6-3)31-28-25-22-19-17-14-11-8-5-2/h4-31H2,1-3H3,(H2,34,35). The van der Waals surface area contributed by atoms with Gasteiger partial charge in [-0.15, -0.1) is 0 Å². The number of rotatable bonds is 29. The second kappa shape index (κ2) is 26.5. The molecule has 2 nitrogen and oxygen atoms in total. The van der Waals surface area contributed by atoms with E-state index in [1.807, 2.05) is 0 Å². The molecule has 210 valence electrons. The van der Waals surface area contributed by atoms with Gasteiger partial charge in [0.05, 0.1) is 0 Å². The molecule has 2 N–H and O–H groups in total. The van der Waals surface area contributed by atoms with Crippen molar-refractivity contribution in [3.8, 4) is 0 Å². The molecule has 0 aliphatic rings. The van der Waals surface area contributed by atoms with Crippen LogP contribution >= 0.6 is 0 Å². The summed E-state index contributed by atoms with van der Waals surface area (Å²) < 4.78 is 0. The SMILES string of the molecule is CCCCCCCCCCCC(CCCCCCCCC)(CCCCCCCCCCC)C(N)=O. The summed E-state index contributed by atoms with van der Waals surface area (Å²) in [6, 6.07) is 0. The molecule has 0 aliphatic carbocycles. The smallest absolute Gasteiger partial charge is 0.223 e. The number of primary amides is 1. The zero-order chi connectivity index (χ0) is 25.9. The minimum Gasteiger partial charge on any atom is -0.369 e. The maximum absolute atomic E-state index is 12.8. The van der Waals surface area contributed by atoms with Crippen molar-refractivity contribution in [1.29, 1.82) is 0 Å². The van der Waals surface area contributed by atoms with Gasteiger partial charge in [-0.3, -0.25) is 4.79 Å². The molecule has 0 bridgehead atoms. The molecule has 2 heteroatoms. The number of carbonyl (C=O) groups is 1. The Morgan fingerprint density at radius 2 is 0.600 bits per heavy atom. The fourth-order valence-corrected chi connectivity index (χ4v) is 5.71. The lowest BCUT2D eigenvalue weighted by molar-refractivity contribution is -0.129. The predicted molar refractivity (Wildman–Crippen MR) is 158 cm³/mol. The van der Waals surface area contributed by atoms with E-state index in [0.717, 1.165) is 19.3 Å². The minimum absolute atomic E-state index is 0.00242. The van der Waals surface area contributed by atoms with E-state index in [1.54, 1.807) is 0 Å². The van der Waals surface area contributed by atoms with E-state index in [-0.39, 0.29) is 11.3 Å². The summed E-state index contributed by atoms with van der Waals surface area (Å²) in [5.41, 5.74) is 5.90. The summed E-state index contributed by atoms with van der Waals surface area (Å²) in [5.74, 6) is 0.00242. The van der Waals surface area contributed by atoms with Crippen LogP contribution in [-0.2, 0) is 4.79 Å². The summed E-state index contributed by atoms with van der Waals surface area (Å²) >= 11 is 0. The highest BCUT2D eigenvalue weighted by Crippen LogP contribution is 2.37. The van der Waals surface area contributed by atoms with E-state index in [4.69, 9.17) is 5.73 Å². The summed E-state index contributed by atoms with van der Waals surface area (Å²) in [5, 5.41) is 0. The van der Waals surface area contributed by atoms with Gasteiger partial charge in [-0.25, -0.2) is 0 Å². The summed E-state index contributed by atoms with van der Waals surface area (Å²) in [7, 11) is 0. The highest BCUT2D eigenvalue weighted by atomic mass is 16.1. The first-order valence-electron chi connectivity index (χ1n) is 16.4. The Bertz CT molecular complexity index is 411. The van der Waals surface area contributed by atoms with E-state index in [9.17, 15) is 4.79 Å². The third kappa shape index (κ3) is 21.3. The van der Waals surface area contributed by atoms with Crippen LogP contribution in [0, 0.1) is 5.41 Å². The van der Waals surface area contributed by atoms with Crippen LogP contribution in [0.1, 0.15) is 201 Å². The summed E-state index contributed by atoms with van der Waals surface area (Å²) in [6.07, 6.45) is 36.4. The molecule has 0 heterocycles. The first-order chi connectivity index (χ1) is 17.1. The molecule has 35 heavy (non-hydrogen) atoms. The monoisotopic (exact) mass is 494 g/mol. The van der Waals surface area contributed by atoms with Gasteiger partial charge in [0.15, 0.2) is 0 Å². The zero-order valence-corrected chi connectivity index (χ0v) is 24.8. The highest BCUT2D eigenvalue weighted by molar-refractivity contribution is 5.80. The topological polar surface area (TPSA) is 43.1 Å². The maximum Gasteiger partial charge on any atom is 0.223 e. The van der Waals surface area contributed by atoms with Crippen LogP contribution in [0.15, 0.2) is 0 Å². The molecular formula is C33H67NO. The van der Waals surface area contributed by atoms with E-state index >= 15 is 0 Å². The number of unbranched alkanes of at least 4 members (excludes halogenated alkanes) is 22. The quantitative estimate of drug-likeness (QED) is 0.103. The second-order valence-corrected chi connectivity index (χ2v) is 11.7. The largest absolute Gasteiger partial charge is 0.369 e. The molecule has 0 unspecified atom stereocenters. The van der Waals surface area contributed by atoms with Crippen molar-refractivity contribution < 1.29 is 4.79 Å². The molecule has 1 amide bonds. The summed E-state index contributed by atoms with van der Waals surface area (Å²) in [4.78, 5) is 12.8. The molecule has 0 saturated carbocycles. The fraction of sp³-hybridized carbons (Fsp3) is 0.970. The fourth-order valence-electron chi connectivity index (χ4n) is 5.71. The van der Waals surface area contributed by atoms with E-state index in [2.05, 4.69) is 20.8 Å². The molecule has 0 atom stereocenters. The summed E-state index contributed by atoms with van der Waals surface area (Å²) in [6.45, 7) is 6.85. The molecule has 0 fully saturated rings. The van der Waals surface area contributed by atoms with Crippen LogP contribution in [-0.4, -0.2) is 5.91 Å². The van der Waals surface area contributed by atoms with Crippen molar-refractivity contribution in [3.63, 3.8) is 0 Å². The van der Waals surface area contributed by atoms with E-state index in [1.165, 1.54) is 161 Å². The molecule has 0 aromatic rings. The zero-order valence-electron chi connectivity index (χ0n) is 24.8. The number of nitrogens with two attached hydrogens (primary N) is 1. The van der Waals surface area contributed by atoms with Crippen LogP contribution in [0.4, 0.5) is 0 Å². The Kier molecular flexibility index (Phi) is 26.1. The lowest BCUT2D eigenvalue weighted by atomic mass is 9.73. The number of carbonyl (C=O) groups excluding carboxylic acids is 1. The maximum atomic E-state index is 12.8. The molecule has 0 rings (SSSR count). The van der Waals surface area contributed by atoms with Gasteiger partial charge < -0.3 is 5.73 Å². The van der Waals surface area contributed by atoms with Gasteiger partial charge in [0, 0.05) is 5.41 Å². The lowest BCUT2D eigenvalue weighted by Crippen LogP contribution is -2.37.